The number of hydrogen-bond donors (Lipinski definition) is 2. The quantitative estimate of drug-likeness (QED) is 0.510. The fraction of sp³-hybridized carbons (Fsp3) is 0.167. The van der Waals surface area contributed by atoms with Crippen LogP contribution in [0.3, 0.4) is 0 Å². The second-order valence-corrected chi connectivity index (χ2v) is 11.2. The molecule has 2 N–H and O–H groups in total. The molecule has 5 nitrogen and oxygen atoms in total. The predicted molar refractivity (Wildman–Crippen MR) is 112 cm³/mol. The van der Waals surface area contributed by atoms with Gasteiger partial charge in [0, 0.05) is 4.88 Å². The maximum absolute atomic E-state index is 12.7. The Balaban J connectivity index is 1.77. The third-order valence-electron chi connectivity index (χ3n) is 3.73. The fourth-order valence-corrected chi connectivity index (χ4v) is 6.30. The summed E-state index contributed by atoms with van der Waals surface area (Å²) in [5.74, 6) is -0.355. The van der Waals surface area contributed by atoms with E-state index < -0.39 is 16.1 Å². The van der Waals surface area contributed by atoms with Crippen LogP contribution in [0.1, 0.15) is 10.4 Å². The van der Waals surface area contributed by atoms with Crippen molar-refractivity contribution in [2.24, 2.45) is 0 Å². The number of carbonyl (C=O) groups excluding carboxylic acids is 1. The van der Waals surface area contributed by atoms with Crippen LogP contribution in [-0.2, 0) is 27.8 Å². The van der Waals surface area contributed by atoms with Gasteiger partial charge in [-0.15, -0.1) is 22.7 Å². The summed E-state index contributed by atoms with van der Waals surface area (Å²) in [6, 6.07) is 15.5. The third-order valence-corrected chi connectivity index (χ3v) is 8.19. The van der Waals surface area contributed by atoms with Crippen molar-refractivity contribution in [3.63, 3.8) is 0 Å². The largest absolute Gasteiger partial charge is 0.350 e. The highest BCUT2D eigenvalue weighted by Gasteiger charge is 2.27. The molecular formula is C18H17BrN2O3S3. The molecule has 3 aromatic rings. The maximum atomic E-state index is 12.7. The van der Waals surface area contributed by atoms with Crippen LogP contribution < -0.4 is 10.0 Å². The summed E-state index contributed by atoms with van der Waals surface area (Å²) >= 11 is 5.91. The molecule has 0 aliphatic heterocycles. The lowest BCUT2D eigenvalue weighted by molar-refractivity contribution is -0.122. The Hall–Kier alpha value is -1.52. The first-order valence-electron chi connectivity index (χ1n) is 8.06. The van der Waals surface area contributed by atoms with Crippen molar-refractivity contribution in [2.75, 3.05) is 0 Å². The van der Waals surface area contributed by atoms with Crippen LogP contribution in [-0.4, -0.2) is 20.4 Å². The summed E-state index contributed by atoms with van der Waals surface area (Å²) in [6.07, 6.45) is 0.267. The molecule has 1 atom stereocenters. The molecule has 1 amide bonds. The monoisotopic (exact) mass is 484 g/mol. The van der Waals surface area contributed by atoms with E-state index in [2.05, 4.69) is 26.0 Å². The van der Waals surface area contributed by atoms with Crippen molar-refractivity contribution in [1.82, 2.24) is 10.0 Å². The molecular weight excluding hydrogens is 468 g/mol. The lowest BCUT2D eigenvalue weighted by Gasteiger charge is -2.18. The van der Waals surface area contributed by atoms with Gasteiger partial charge in [-0.05, 0) is 51.5 Å². The molecule has 0 spiro atoms. The number of amides is 1. The number of benzene rings is 1. The van der Waals surface area contributed by atoms with Gasteiger partial charge in [-0.2, -0.15) is 4.72 Å². The Bertz CT molecular complexity index is 986. The van der Waals surface area contributed by atoms with Crippen molar-refractivity contribution in [3.8, 4) is 0 Å². The highest BCUT2D eigenvalue weighted by atomic mass is 79.9. The number of sulfonamides is 1. The van der Waals surface area contributed by atoms with E-state index >= 15 is 0 Å². The average Bonchev–Trinajstić information content (AvgIpc) is 3.31. The molecule has 27 heavy (non-hydrogen) atoms. The van der Waals surface area contributed by atoms with Gasteiger partial charge < -0.3 is 5.32 Å². The first kappa shape index (κ1) is 20.2. The molecule has 0 aliphatic carbocycles. The van der Waals surface area contributed by atoms with E-state index in [1.54, 1.807) is 6.07 Å². The van der Waals surface area contributed by atoms with Crippen molar-refractivity contribution in [2.45, 2.75) is 23.2 Å². The molecule has 9 heteroatoms. The zero-order valence-corrected chi connectivity index (χ0v) is 18.1. The molecule has 2 aromatic heterocycles. The van der Waals surface area contributed by atoms with Gasteiger partial charge in [-0.25, -0.2) is 8.42 Å². The molecule has 0 saturated heterocycles. The van der Waals surface area contributed by atoms with Crippen LogP contribution in [0.4, 0.5) is 0 Å². The van der Waals surface area contributed by atoms with Gasteiger partial charge in [0.2, 0.25) is 5.91 Å². The SMILES string of the molecule is O=C(NCc1cccs1)[C@@H](Cc1ccccc1)NS(=O)(=O)c1ccc(Br)s1. The summed E-state index contributed by atoms with van der Waals surface area (Å²) in [6.45, 7) is 0.369. The standard InChI is InChI=1S/C18H17BrN2O3S3/c19-16-8-9-17(26-16)27(23,24)21-15(11-13-5-2-1-3-6-13)18(22)20-12-14-7-4-10-25-14/h1-10,15,21H,11-12H2,(H,20,22)/t15-/m1/s1. The number of halogens is 1. The van der Waals surface area contributed by atoms with Crippen molar-refractivity contribution >= 4 is 54.5 Å². The molecule has 3 rings (SSSR count). The summed E-state index contributed by atoms with van der Waals surface area (Å²) in [5.41, 5.74) is 0.879. The molecule has 142 valence electrons. The van der Waals surface area contributed by atoms with Gasteiger partial charge in [0.1, 0.15) is 10.3 Å². The van der Waals surface area contributed by atoms with Gasteiger partial charge in [-0.1, -0.05) is 36.4 Å². The smallest absolute Gasteiger partial charge is 0.250 e. The van der Waals surface area contributed by atoms with E-state index in [1.807, 2.05) is 47.8 Å². The predicted octanol–water partition coefficient (Wildman–Crippen LogP) is 3.78. The van der Waals surface area contributed by atoms with E-state index in [0.29, 0.717) is 10.3 Å². The minimum Gasteiger partial charge on any atom is -0.350 e. The lowest BCUT2D eigenvalue weighted by atomic mass is 10.1. The molecule has 2 heterocycles. The van der Waals surface area contributed by atoms with E-state index in [1.165, 1.54) is 17.4 Å². The van der Waals surface area contributed by atoms with Crippen molar-refractivity contribution in [1.29, 1.82) is 0 Å². The van der Waals surface area contributed by atoms with Crippen molar-refractivity contribution in [3.05, 3.63) is 74.2 Å². The second-order valence-electron chi connectivity index (χ2n) is 5.72. The minimum absolute atomic E-state index is 0.165. The van der Waals surface area contributed by atoms with Gasteiger partial charge in [-0.3, -0.25) is 4.79 Å². The normalized spacial score (nSPS) is 12.6. The Morgan fingerprint density at radius 1 is 1.07 bits per heavy atom. The van der Waals surface area contributed by atoms with Crippen LogP contribution in [0.25, 0.3) is 0 Å². The molecule has 1 aromatic carbocycles. The molecule has 0 unspecified atom stereocenters. The number of rotatable bonds is 8. The molecule has 0 radical (unpaired) electrons. The van der Waals surface area contributed by atoms with Crippen LogP contribution in [0.5, 0.6) is 0 Å². The van der Waals surface area contributed by atoms with Gasteiger partial charge in [0.25, 0.3) is 10.0 Å². The first-order chi connectivity index (χ1) is 12.9. The third kappa shape index (κ3) is 5.73. The minimum atomic E-state index is -3.80. The maximum Gasteiger partial charge on any atom is 0.250 e. The topological polar surface area (TPSA) is 75.3 Å². The number of hydrogen-bond acceptors (Lipinski definition) is 5. The summed E-state index contributed by atoms with van der Waals surface area (Å²) in [4.78, 5) is 13.7. The average molecular weight is 485 g/mol. The van der Waals surface area contributed by atoms with E-state index in [-0.39, 0.29) is 16.5 Å². The Morgan fingerprint density at radius 3 is 2.48 bits per heavy atom. The van der Waals surface area contributed by atoms with Crippen molar-refractivity contribution < 1.29 is 13.2 Å². The molecule has 0 saturated carbocycles. The van der Waals surface area contributed by atoms with Gasteiger partial charge in [0.05, 0.1) is 10.3 Å². The Labute approximate surface area is 174 Å². The molecule has 0 aliphatic rings. The number of nitrogens with one attached hydrogen (secondary N) is 2. The molecule has 0 fully saturated rings. The first-order valence-corrected chi connectivity index (χ1v) is 12.0. The summed E-state index contributed by atoms with van der Waals surface area (Å²) < 4.78 is 28.8. The van der Waals surface area contributed by atoms with E-state index in [9.17, 15) is 13.2 Å². The highest BCUT2D eigenvalue weighted by molar-refractivity contribution is 9.11. The fourth-order valence-electron chi connectivity index (χ4n) is 2.44. The number of carbonyl (C=O) groups is 1. The zero-order chi connectivity index (χ0) is 19.3. The second kappa shape index (κ2) is 9.11. The summed E-state index contributed by atoms with van der Waals surface area (Å²) in [7, 11) is -3.80. The van der Waals surface area contributed by atoms with Crippen LogP contribution >= 0.6 is 38.6 Å². The number of thiophene rings is 2. The van der Waals surface area contributed by atoms with Gasteiger partial charge >= 0.3 is 0 Å². The zero-order valence-electron chi connectivity index (χ0n) is 14.1. The molecule has 0 bridgehead atoms. The van der Waals surface area contributed by atoms with Crippen LogP contribution in [0.15, 0.2) is 68.0 Å². The lowest BCUT2D eigenvalue weighted by Crippen LogP contribution is -2.47. The van der Waals surface area contributed by atoms with E-state index in [0.717, 1.165) is 21.8 Å². The Morgan fingerprint density at radius 2 is 1.85 bits per heavy atom. The Kier molecular flexibility index (Phi) is 6.83. The van der Waals surface area contributed by atoms with Crippen LogP contribution in [0.2, 0.25) is 0 Å². The van der Waals surface area contributed by atoms with Crippen LogP contribution in [0, 0.1) is 0 Å². The van der Waals surface area contributed by atoms with Gasteiger partial charge in [0.15, 0.2) is 0 Å². The van der Waals surface area contributed by atoms with E-state index in [4.69, 9.17) is 0 Å². The highest BCUT2D eigenvalue weighted by Crippen LogP contribution is 2.26. The summed E-state index contributed by atoms with van der Waals surface area (Å²) in [5, 5.41) is 4.75.